The average molecular weight is 471 g/mol. The molecule has 1 heterocycles. The van der Waals surface area contributed by atoms with Gasteiger partial charge in [-0.1, -0.05) is 18.2 Å². The summed E-state index contributed by atoms with van der Waals surface area (Å²) >= 11 is 0. The fourth-order valence-corrected chi connectivity index (χ4v) is 3.59. The number of aryl methyl sites for hydroxylation is 1. The van der Waals surface area contributed by atoms with Crippen LogP contribution in [0.25, 0.3) is 15.7 Å². The summed E-state index contributed by atoms with van der Waals surface area (Å²) in [5, 5.41) is 5.78. The summed E-state index contributed by atoms with van der Waals surface area (Å²) in [7, 11) is 1.65. The summed E-state index contributed by atoms with van der Waals surface area (Å²) in [6.45, 7) is 8.16. The van der Waals surface area contributed by atoms with E-state index >= 15 is 0 Å². The minimum atomic E-state index is -0.647. The van der Waals surface area contributed by atoms with E-state index in [9.17, 15) is 9.18 Å². The molecule has 1 aromatic heterocycles. The Kier molecular flexibility index (Phi) is 7.50. The number of nitrogens with zero attached hydrogens (tertiary/aromatic N) is 2. The summed E-state index contributed by atoms with van der Waals surface area (Å²) in [5.74, 6) is 0.0502. The maximum atomic E-state index is 14.7. The predicted octanol–water partition coefficient (Wildman–Crippen LogP) is 6.94. The zero-order valence-corrected chi connectivity index (χ0v) is 19.0. The molecule has 2 N–H and O–H groups in total. The second-order valence-corrected chi connectivity index (χ2v) is 7.70. The molecule has 0 aliphatic rings. The number of hydrogen-bond acceptors (Lipinski definition) is 4. The highest BCUT2D eigenvalue weighted by Gasteiger charge is 2.13. The van der Waals surface area contributed by atoms with Crippen LogP contribution < -0.4 is 15.4 Å². The molecule has 0 saturated heterocycles. The van der Waals surface area contributed by atoms with Crippen molar-refractivity contribution in [2.24, 2.45) is 0 Å². The van der Waals surface area contributed by atoms with E-state index in [1.807, 2.05) is 12.1 Å². The Hall–Kier alpha value is -4.48. The van der Waals surface area contributed by atoms with Gasteiger partial charge in [0.25, 0.3) is 0 Å². The van der Waals surface area contributed by atoms with Crippen molar-refractivity contribution in [3.63, 3.8) is 0 Å². The molecule has 0 aliphatic heterocycles. The number of urea groups is 1. The molecule has 0 atom stereocenters. The lowest BCUT2D eigenvalue weighted by molar-refractivity contribution is 0.195. The van der Waals surface area contributed by atoms with Crippen molar-refractivity contribution < 1.29 is 18.7 Å². The molecule has 2 amide bonds. The van der Waals surface area contributed by atoms with E-state index in [4.69, 9.17) is 16.0 Å². The molecule has 4 rings (SSSR count). The summed E-state index contributed by atoms with van der Waals surface area (Å²) in [6, 6.07) is 17.8. The number of carbonyl (C=O) groups excluding carboxylic acids is 1. The van der Waals surface area contributed by atoms with Gasteiger partial charge in [-0.2, -0.15) is 0 Å². The highest BCUT2D eigenvalue weighted by Crippen LogP contribution is 2.35. The largest absolute Gasteiger partial charge is 0.457 e. The first-order valence-corrected chi connectivity index (χ1v) is 11.0. The number of halogens is 1. The van der Waals surface area contributed by atoms with Gasteiger partial charge in [-0.25, -0.2) is 14.0 Å². The van der Waals surface area contributed by atoms with Gasteiger partial charge in [0.05, 0.1) is 17.8 Å². The van der Waals surface area contributed by atoms with Crippen LogP contribution in [0.5, 0.6) is 11.5 Å². The number of aromatic nitrogens is 1. The van der Waals surface area contributed by atoms with E-state index in [0.29, 0.717) is 41.1 Å². The van der Waals surface area contributed by atoms with Crippen molar-refractivity contribution in [1.82, 2.24) is 4.98 Å². The smallest absolute Gasteiger partial charge is 0.323 e. The number of methoxy groups -OCH3 is 1. The molecule has 0 saturated carbocycles. The first-order valence-electron chi connectivity index (χ1n) is 11.0. The van der Waals surface area contributed by atoms with Crippen molar-refractivity contribution >= 4 is 34.0 Å². The lowest BCUT2D eigenvalue weighted by Gasteiger charge is -2.13. The van der Waals surface area contributed by atoms with Gasteiger partial charge >= 0.3 is 6.03 Å². The lowest BCUT2D eigenvalue weighted by Crippen LogP contribution is -2.20. The van der Waals surface area contributed by atoms with E-state index in [2.05, 4.69) is 20.5 Å². The predicted molar refractivity (Wildman–Crippen MR) is 134 cm³/mol. The van der Waals surface area contributed by atoms with Gasteiger partial charge in [-0.3, -0.25) is 4.98 Å². The zero-order chi connectivity index (χ0) is 24.6. The van der Waals surface area contributed by atoms with Crippen LogP contribution in [-0.2, 0) is 11.2 Å². The third-order valence-corrected chi connectivity index (χ3v) is 5.27. The molecule has 0 unspecified atom stereocenters. The Labute approximate surface area is 202 Å². The number of hydrogen-bond donors (Lipinski definition) is 2. The van der Waals surface area contributed by atoms with E-state index in [1.165, 1.54) is 12.1 Å². The quantitative estimate of drug-likeness (QED) is 0.216. The number of pyridine rings is 1. The summed E-state index contributed by atoms with van der Waals surface area (Å²) < 4.78 is 25.7. The topological polar surface area (TPSA) is 76.8 Å². The first-order chi connectivity index (χ1) is 17.1. The van der Waals surface area contributed by atoms with Gasteiger partial charge in [0, 0.05) is 37.1 Å². The number of anilines is 2. The standard InChI is InChI=1S/C27H23FN4O3/c1-29-24-17-21-25(15-18(24)7-6-14-34-2)30-13-12-26(21)35-20-10-11-23(22(28)16-20)32-27(33)31-19-8-4-3-5-9-19/h3-5,8-13,15-17H,6-7,14H2,2H3,(H2,31,32,33). The minimum absolute atomic E-state index is 0.0151. The van der Waals surface area contributed by atoms with Crippen LogP contribution in [-0.4, -0.2) is 24.7 Å². The van der Waals surface area contributed by atoms with Crippen LogP contribution in [0.4, 0.5) is 26.2 Å². The average Bonchev–Trinajstić information content (AvgIpc) is 2.86. The minimum Gasteiger partial charge on any atom is -0.457 e. The van der Waals surface area contributed by atoms with Crippen LogP contribution in [0.2, 0.25) is 0 Å². The Morgan fingerprint density at radius 3 is 2.66 bits per heavy atom. The van der Waals surface area contributed by atoms with Crippen LogP contribution in [0.15, 0.2) is 72.9 Å². The highest BCUT2D eigenvalue weighted by atomic mass is 19.1. The number of amides is 2. The third kappa shape index (κ3) is 5.91. The normalized spacial score (nSPS) is 10.5. The van der Waals surface area contributed by atoms with E-state index in [1.54, 1.807) is 55.8 Å². The number of rotatable bonds is 8. The van der Waals surface area contributed by atoms with Crippen molar-refractivity contribution in [3.8, 4) is 11.5 Å². The fourth-order valence-electron chi connectivity index (χ4n) is 3.59. The number of para-hydroxylation sites is 1. The zero-order valence-electron chi connectivity index (χ0n) is 19.0. The van der Waals surface area contributed by atoms with Crippen LogP contribution in [0.1, 0.15) is 12.0 Å². The van der Waals surface area contributed by atoms with E-state index < -0.39 is 11.8 Å². The van der Waals surface area contributed by atoms with Crippen molar-refractivity contribution in [3.05, 3.63) is 95.7 Å². The molecule has 0 spiro atoms. The van der Waals surface area contributed by atoms with Gasteiger partial charge in [0.15, 0.2) is 5.69 Å². The fraction of sp³-hybridized carbons (Fsp3) is 0.148. The molecule has 4 aromatic rings. The first kappa shape index (κ1) is 23.7. The Morgan fingerprint density at radius 1 is 1.09 bits per heavy atom. The number of carbonyl (C=O) groups is 1. The molecule has 7 nitrogen and oxygen atoms in total. The van der Waals surface area contributed by atoms with Gasteiger partial charge < -0.3 is 20.1 Å². The highest BCUT2D eigenvalue weighted by molar-refractivity contribution is 5.99. The van der Waals surface area contributed by atoms with Gasteiger partial charge in [0.2, 0.25) is 0 Å². The van der Waals surface area contributed by atoms with E-state index in [-0.39, 0.29) is 11.4 Å². The maximum absolute atomic E-state index is 14.7. The SMILES string of the molecule is [C-]#[N+]c1cc2c(Oc3ccc(NC(=O)Nc4ccccc4)c(F)c3)ccnc2cc1CCCOC. The van der Waals surface area contributed by atoms with Crippen LogP contribution in [0, 0.1) is 12.4 Å². The summed E-state index contributed by atoms with van der Waals surface area (Å²) in [4.78, 5) is 20.2. The molecule has 35 heavy (non-hydrogen) atoms. The molecule has 0 bridgehead atoms. The molecule has 0 aliphatic carbocycles. The van der Waals surface area contributed by atoms with Crippen molar-refractivity contribution in [2.45, 2.75) is 12.8 Å². The molecular formula is C27H23FN4O3. The van der Waals surface area contributed by atoms with Gasteiger partial charge in [0.1, 0.15) is 17.3 Å². The lowest BCUT2D eigenvalue weighted by atomic mass is 10.0. The summed E-state index contributed by atoms with van der Waals surface area (Å²) in [6.07, 6.45) is 3.10. The van der Waals surface area contributed by atoms with E-state index in [0.717, 1.165) is 12.0 Å². The third-order valence-electron chi connectivity index (χ3n) is 5.27. The second kappa shape index (κ2) is 11.1. The van der Waals surface area contributed by atoms with Crippen LogP contribution in [0.3, 0.4) is 0 Å². The van der Waals surface area contributed by atoms with Gasteiger partial charge in [-0.05, 0) is 60.9 Å². The number of fused-ring (bicyclic) bond motifs is 1. The Morgan fingerprint density at radius 2 is 1.91 bits per heavy atom. The molecule has 8 heteroatoms. The molecule has 0 radical (unpaired) electrons. The summed E-state index contributed by atoms with van der Waals surface area (Å²) in [5.41, 5.74) is 2.70. The molecular weight excluding hydrogens is 447 g/mol. The molecule has 0 fully saturated rings. The second-order valence-electron chi connectivity index (χ2n) is 7.70. The van der Waals surface area contributed by atoms with Crippen molar-refractivity contribution in [1.29, 1.82) is 0 Å². The van der Waals surface area contributed by atoms with Crippen LogP contribution >= 0.6 is 0 Å². The maximum Gasteiger partial charge on any atom is 0.323 e. The number of ether oxygens (including phenoxy) is 2. The Balaban J connectivity index is 1.52. The Bertz CT molecular complexity index is 1390. The van der Waals surface area contributed by atoms with Gasteiger partial charge in [-0.15, -0.1) is 0 Å². The molecule has 3 aromatic carbocycles. The van der Waals surface area contributed by atoms with Crippen molar-refractivity contribution in [2.75, 3.05) is 24.4 Å². The number of benzene rings is 3. The number of nitrogens with one attached hydrogen (secondary N) is 2. The monoisotopic (exact) mass is 470 g/mol. The molecule has 176 valence electrons.